The highest BCUT2D eigenvalue weighted by atomic mass is 19.1. The van der Waals surface area contributed by atoms with Gasteiger partial charge in [-0.25, -0.2) is 8.78 Å². The average Bonchev–Trinajstić information content (AvgIpc) is 3.73. The molecule has 3 saturated heterocycles. The van der Waals surface area contributed by atoms with Gasteiger partial charge in [0.25, 0.3) is 0 Å². The summed E-state index contributed by atoms with van der Waals surface area (Å²) >= 11 is 0. The van der Waals surface area contributed by atoms with E-state index in [0.717, 1.165) is 45.2 Å². The quantitative estimate of drug-likeness (QED) is 0.212. The number of aromatic nitrogens is 3. The molecule has 3 aliphatic rings. The molecule has 248 valence electrons. The number of carbonyl (C=O) groups excluding carboxylic acids is 1. The van der Waals surface area contributed by atoms with Gasteiger partial charge in [0.05, 0.1) is 10.9 Å². The maximum Gasteiger partial charge on any atom is 0.319 e. The van der Waals surface area contributed by atoms with Crippen molar-refractivity contribution in [2.24, 2.45) is 5.41 Å². The zero-order valence-corrected chi connectivity index (χ0v) is 27.3. The van der Waals surface area contributed by atoms with Crippen LogP contribution in [0.1, 0.15) is 64.9 Å². The number of aromatic hydroxyl groups is 1. The number of anilines is 1. The molecule has 9 nitrogen and oxygen atoms in total. The first kappa shape index (κ1) is 31.5. The van der Waals surface area contributed by atoms with Crippen molar-refractivity contribution in [1.82, 2.24) is 25.2 Å². The zero-order valence-electron chi connectivity index (χ0n) is 27.3. The maximum atomic E-state index is 17.0. The third kappa shape index (κ3) is 5.62. The van der Waals surface area contributed by atoms with Crippen LogP contribution in [0.25, 0.3) is 32.9 Å². The summed E-state index contributed by atoms with van der Waals surface area (Å²) in [6.45, 7) is 10.2. The number of pyridine rings is 1. The zero-order chi connectivity index (χ0) is 32.9. The Morgan fingerprint density at radius 3 is 2.62 bits per heavy atom. The van der Waals surface area contributed by atoms with Crippen molar-refractivity contribution in [2.75, 3.05) is 44.2 Å². The molecule has 2 aromatic heterocycles. The fourth-order valence-electron chi connectivity index (χ4n) is 8.13. The van der Waals surface area contributed by atoms with Crippen molar-refractivity contribution >= 4 is 33.4 Å². The van der Waals surface area contributed by atoms with Crippen molar-refractivity contribution in [3.05, 3.63) is 47.7 Å². The maximum absolute atomic E-state index is 17.0. The predicted octanol–water partition coefficient (Wildman–Crippen LogP) is 6.14. The normalized spacial score (nSPS) is 20.7. The first-order chi connectivity index (χ1) is 22.6. The van der Waals surface area contributed by atoms with E-state index in [1.807, 2.05) is 6.92 Å². The number of nitrogens with one attached hydrogen (secondary N) is 1. The monoisotopic (exact) mass is 644 g/mol. The summed E-state index contributed by atoms with van der Waals surface area (Å²) in [7, 11) is 0. The lowest BCUT2D eigenvalue weighted by Gasteiger charge is -2.33. The molecular formula is C36H42F2N6O3. The van der Waals surface area contributed by atoms with Gasteiger partial charge in [0, 0.05) is 43.2 Å². The Balaban J connectivity index is 1.39. The molecule has 7 rings (SSSR count). The summed E-state index contributed by atoms with van der Waals surface area (Å²) in [6.07, 6.45) is 7.43. The molecule has 3 aliphatic heterocycles. The molecule has 5 heterocycles. The largest absolute Gasteiger partial charge is 0.508 e. The molecule has 0 spiro atoms. The van der Waals surface area contributed by atoms with Crippen LogP contribution in [0.2, 0.25) is 0 Å². The number of fused-ring (bicyclic) bond motifs is 3. The molecule has 2 N–H and O–H groups in total. The van der Waals surface area contributed by atoms with Crippen LogP contribution in [0, 0.1) is 17.0 Å². The van der Waals surface area contributed by atoms with Crippen molar-refractivity contribution < 1.29 is 23.4 Å². The number of nitrogens with zero attached hydrogens (tertiary/aromatic N) is 5. The number of amides is 1. The Bertz CT molecular complexity index is 1860. The van der Waals surface area contributed by atoms with Crippen LogP contribution in [0.15, 0.2) is 30.5 Å². The number of halogens is 2. The number of ether oxygens (including phenoxy) is 1. The van der Waals surface area contributed by atoms with Gasteiger partial charge in [0.2, 0.25) is 5.91 Å². The third-order valence-electron chi connectivity index (χ3n) is 10.4. The van der Waals surface area contributed by atoms with Crippen molar-refractivity contribution in [2.45, 2.75) is 71.3 Å². The highest BCUT2D eigenvalue weighted by molar-refractivity contribution is 6.01. The summed E-state index contributed by atoms with van der Waals surface area (Å²) in [5.74, 6) is -0.663. The Hall–Kier alpha value is -4.12. The van der Waals surface area contributed by atoms with Crippen LogP contribution >= 0.6 is 0 Å². The van der Waals surface area contributed by atoms with Gasteiger partial charge in [-0.2, -0.15) is 9.97 Å². The molecule has 11 heteroatoms. The number of aryl methyl sites for hydroxylation is 1. The number of carbonyl (C=O) groups is 1. The van der Waals surface area contributed by atoms with Crippen molar-refractivity contribution in [1.29, 1.82) is 0 Å². The SMILES string of the molecule is CCCN(CC1(C)CNC(=O)C1)c1nc(OCC23CCCN2CCC3)nc2c(F)c(-c3cc(O)cc4ccc(F)c(CC)c34)ncc12. The Morgan fingerprint density at radius 2 is 1.91 bits per heavy atom. The molecule has 0 bridgehead atoms. The number of hydrogen-bond acceptors (Lipinski definition) is 8. The van der Waals surface area contributed by atoms with Crippen LogP contribution in [0.3, 0.4) is 0 Å². The van der Waals surface area contributed by atoms with Gasteiger partial charge in [-0.1, -0.05) is 26.8 Å². The van der Waals surface area contributed by atoms with Gasteiger partial charge in [-0.3, -0.25) is 14.7 Å². The van der Waals surface area contributed by atoms with E-state index in [4.69, 9.17) is 9.72 Å². The fourth-order valence-corrected chi connectivity index (χ4v) is 8.13. The average molecular weight is 645 g/mol. The van der Waals surface area contributed by atoms with E-state index in [1.165, 1.54) is 12.1 Å². The van der Waals surface area contributed by atoms with Gasteiger partial charge in [-0.15, -0.1) is 0 Å². The van der Waals surface area contributed by atoms with E-state index in [2.05, 4.69) is 38.9 Å². The lowest BCUT2D eigenvalue weighted by Crippen LogP contribution is -2.43. The second kappa shape index (κ2) is 12.2. The molecule has 0 aliphatic carbocycles. The Kier molecular flexibility index (Phi) is 8.14. The number of phenols is 1. The van der Waals surface area contributed by atoms with Gasteiger partial charge < -0.3 is 20.1 Å². The van der Waals surface area contributed by atoms with E-state index in [-0.39, 0.29) is 39.8 Å². The molecule has 1 amide bonds. The van der Waals surface area contributed by atoms with E-state index >= 15 is 8.78 Å². The van der Waals surface area contributed by atoms with E-state index in [1.54, 1.807) is 18.3 Å². The van der Waals surface area contributed by atoms with Gasteiger partial charge in [0.1, 0.15) is 35.2 Å². The predicted molar refractivity (Wildman–Crippen MR) is 178 cm³/mol. The fraction of sp³-hybridized carbons (Fsp3) is 0.500. The summed E-state index contributed by atoms with van der Waals surface area (Å²) in [5.41, 5.74) is 0.312. The van der Waals surface area contributed by atoms with Crippen molar-refractivity contribution in [3.63, 3.8) is 0 Å². The lowest BCUT2D eigenvalue weighted by atomic mass is 9.89. The highest BCUT2D eigenvalue weighted by Gasteiger charge is 2.45. The molecule has 0 radical (unpaired) electrons. The number of rotatable bonds is 10. The smallest absolute Gasteiger partial charge is 0.319 e. The van der Waals surface area contributed by atoms with E-state index in [9.17, 15) is 9.90 Å². The summed E-state index contributed by atoms with van der Waals surface area (Å²) < 4.78 is 38.4. The van der Waals surface area contributed by atoms with E-state index < -0.39 is 11.6 Å². The van der Waals surface area contributed by atoms with Gasteiger partial charge >= 0.3 is 6.01 Å². The van der Waals surface area contributed by atoms with Crippen LogP contribution in [-0.2, 0) is 11.2 Å². The second-order valence-electron chi connectivity index (χ2n) is 13.9. The van der Waals surface area contributed by atoms with Gasteiger partial charge in [0.15, 0.2) is 5.82 Å². The van der Waals surface area contributed by atoms with E-state index in [0.29, 0.717) is 72.2 Å². The number of benzene rings is 2. The molecule has 1 unspecified atom stereocenters. The van der Waals surface area contributed by atoms with Crippen LogP contribution in [0.5, 0.6) is 11.8 Å². The van der Waals surface area contributed by atoms with Crippen molar-refractivity contribution in [3.8, 4) is 23.0 Å². The minimum atomic E-state index is -0.698. The first-order valence-corrected chi connectivity index (χ1v) is 16.8. The molecule has 3 fully saturated rings. The third-order valence-corrected chi connectivity index (χ3v) is 10.4. The van der Waals surface area contributed by atoms with Crippen LogP contribution in [0.4, 0.5) is 14.6 Å². The molecule has 2 aromatic carbocycles. The van der Waals surface area contributed by atoms with Crippen LogP contribution < -0.4 is 15.0 Å². The minimum Gasteiger partial charge on any atom is -0.508 e. The molecule has 4 aromatic rings. The molecule has 0 saturated carbocycles. The summed E-state index contributed by atoms with van der Waals surface area (Å²) in [4.78, 5) is 31.0. The molecule has 1 atom stereocenters. The number of hydrogen-bond donors (Lipinski definition) is 2. The molecule has 47 heavy (non-hydrogen) atoms. The second-order valence-corrected chi connectivity index (χ2v) is 13.9. The topological polar surface area (TPSA) is 104 Å². The minimum absolute atomic E-state index is 0.0102. The van der Waals surface area contributed by atoms with Gasteiger partial charge in [-0.05, 0) is 86.1 Å². The summed E-state index contributed by atoms with van der Waals surface area (Å²) in [5, 5.41) is 15.1. The number of phenolic OH excluding ortho intramolecular Hbond substituents is 1. The molecular weight excluding hydrogens is 602 g/mol. The van der Waals surface area contributed by atoms with Crippen LogP contribution in [-0.4, -0.2) is 75.7 Å². The highest BCUT2D eigenvalue weighted by Crippen LogP contribution is 2.41. The lowest BCUT2D eigenvalue weighted by molar-refractivity contribution is -0.119. The Morgan fingerprint density at radius 1 is 1.13 bits per heavy atom. The Labute approximate surface area is 273 Å². The standard InChI is InChI=1S/C36H42F2N6O3/c1-4-12-43(20-35(3)17-28(46)40-19-35)33-26-18-39-31(25-16-23(45)15-22-8-9-27(37)24(5-2)29(22)25)30(38)32(26)41-34(42-33)47-21-36-10-6-13-44(36)14-7-11-36/h8-9,15-16,18,45H,4-7,10-14,17,19-21H2,1-3H3,(H,40,46). The summed E-state index contributed by atoms with van der Waals surface area (Å²) in [6, 6.07) is 6.01. The first-order valence-electron chi connectivity index (χ1n) is 16.8.